The Kier molecular flexibility index (Phi) is 15.6. The van der Waals surface area contributed by atoms with Gasteiger partial charge in [-0.2, -0.15) is 0 Å². The Morgan fingerprint density at radius 2 is 0.703 bits per heavy atom. The van der Waals surface area contributed by atoms with E-state index >= 15 is 0 Å². The summed E-state index contributed by atoms with van der Waals surface area (Å²) in [5.41, 5.74) is 45.1. The van der Waals surface area contributed by atoms with Gasteiger partial charge in [0.1, 0.15) is 0 Å². The van der Waals surface area contributed by atoms with Crippen LogP contribution in [0.25, 0.3) is 117 Å². The van der Waals surface area contributed by atoms with Crippen LogP contribution in [0.15, 0.2) is 338 Å². The second-order valence-electron chi connectivity index (χ2n) is 32.5. The molecule has 4 aliphatic carbocycles. The smallest absolute Gasteiger partial charge is 0.0599 e. The molecule has 1 aliphatic heterocycles. The summed E-state index contributed by atoms with van der Waals surface area (Å²) in [5.74, 6) is 0. The average molecular weight is 1430 g/mol. The zero-order valence-electron chi connectivity index (χ0n) is 63.5. The molecule has 0 amide bonds. The van der Waals surface area contributed by atoms with Crippen LogP contribution in [-0.2, 0) is 42.9 Å². The fourth-order valence-electron chi connectivity index (χ4n) is 18.9. The summed E-state index contributed by atoms with van der Waals surface area (Å²) in [5, 5.41) is 2.42. The van der Waals surface area contributed by atoms with Gasteiger partial charge in [0.15, 0.2) is 0 Å². The second kappa shape index (κ2) is 26.2. The Balaban J connectivity index is 0.633. The lowest BCUT2D eigenvalue weighted by Crippen LogP contribution is -2.16. The molecule has 5 aliphatic rings. The van der Waals surface area contributed by atoms with E-state index in [1.807, 2.05) is 6.21 Å². The summed E-state index contributed by atoms with van der Waals surface area (Å²) in [6.45, 7) is 12.5. The van der Waals surface area contributed by atoms with Crippen molar-refractivity contribution in [3.05, 3.63) is 389 Å². The van der Waals surface area contributed by atoms with Gasteiger partial charge in [-0.15, -0.1) is 0 Å². The topological polar surface area (TPSA) is 23.8 Å². The Hall–Kier alpha value is -12.9. The predicted molar refractivity (Wildman–Crippen MR) is 467 cm³/mol. The van der Waals surface area contributed by atoms with E-state index in [0.717, 1.165) is 64.8 Å². The molecule has 111 heavy (non-hydrogen) atoms. The molecule has 0 unspecified atom stereocenters. The lowest BCUT2D eigenvalue weighted by Gasteiger charge is -2.28. The van der Waals surface area contributed by atoms with E-state index in [1.54, 1.807) is 0 Å². The van der Waals surface area contributed by atoms with Gasteiger partial charge >= 0.3 is 0 Å². The highest BCUT2D eigenvalue weighted by Crippen LogP contribution is 2.54. The van der Waals surface area contributed by atoms with Crippen molar-refractivity contribution in [1.82, 2.24) is 4.57 Å². The van der Waals surface area contributed by atoms with Crippen molar-refractivity contribution < 1.29 is 0 Å². The van der Waals surface area contributed by atoms with Gasteiger partial charge in [-0.05, 0) is 311 Å². The third-order valence-corrected chi connectivity index (χ3v) is 25.3. The normalized spacial score (nSPS) is 14.3. The van der Waals surface area contributed by atoms with Crippen LogP contribution in [0.3, 0.4) is 0 Å². The number of rotatable bonds is 15. The Morgan fingerprint density at radius 3 is 1.17 bits per heavy atom. The van der Waals surface area contributed by atoms with E-state index in [9.17, 15) is 0 Å². The molecule has 1 aromatic heterocycles. The summed E-state index contributed by atoms with van der Waals surface area (Å²) in [4.78, 5) is 9.66. The third-order valence-electron chi connectivity index (χ3n) is 25.3. The molecule has 0 saturated heterocycles. The average Bonchev–Trinajstić information content (AvgIpc) is 1.60. The molecule has 0 N–H and O–H groups in total. The number of fused-ring (bicyclic) bond motifs is 11. The van der Waals surface area contributed by atoms with Crippen LogP contribution in [0, 0.1) is 6.92 Å². The molecular weight excluding hydrogens is 1340 g/mol. The molecule has 4 heteroatoms. The minimum Gasteiger partial charge on any atom is -0.310 e. The van der Waals surface area contributed by atoms with E-state index in [1.165, 1.54) is 192 Å². The van der Waals surface area contributed by atoms with Gasteiger partial charge in [0.2, 0.25) is 0 Å². The molecule has 0 spiro atoms. The number of benzene rings is 15. The molecule has 16 aromatic rings. The number of hydrogen-bond donors (Lipinski definition) is 0. The lowest BCUT2D eigenvalue weighted by atomic mass is 9.82. The zero-order chi connectivity index (χ0) is 74.2. The third kappa shape index (κ3) is 11.3. The Morgan fingerprint density at radius 1 is 0.315 bits per heavy atom. The van der Waals surface area contributed by atoms with Gasteiger partial charge in [0, 0.05) is 74.0 Å². The summed E-state index contributed by atoms with van der Waals surface area (Å²) < 4.78 is 2.44. The first-order chi connectivity index (χ1) is 54.4. The van der Waals surface area contributed by atoms with Crippen molar-refractivity contribution in [1.29, 1.82) is 0 Å². The first-order valence-corrected chi connectivity index (χ1v) is 39.7. The van der Waals surface area contributed by atoms with E-state index in [4.69, 9.17) is 4.99 Å². The number of aryl methyl sites for hydroxylation is 5. The highest BCUT2D eigenvalue weighted by atomic mass is 15.1. The van der Waals surface area contributed by atoms with Crippen LogP contribution in [0.4, 0.5) is 34.1 Å². The summed E-state index contributed by atoms with van der Waals surface area (Å²) in [6.07, 6.45) is 10.8. The summed E-state index contributed by atoms with van der Waals surface area (Å²) in [7, 11) is 0. The van der Waals surface area contributed by atoms with Gasteiger partial charge in [-0.25, -0.2) is 0 Å². The number of allylic oxidation sites excluding steroid dienone is 1. The highest BCUT2D eigenvalue weighted by molar-refractivity contribution is 6.12. The van der Waals surface area contributed by atoms with E-state index in [0.29, 0.717) is 0 Å². The minimum atomic E-state index is -0.140. The highest BCUT2D eigenvalue weighted by Gasteiger charge is 2.38. The van der Waals surface area contributed by atoms with Gasteiger partial charge in [-0.3, -0.25) is 4.99 Å². The number of hydrogen-bond acceptors (Lipinski definition) is 3. The van der Waals surface area contributed by atoms with Gasteiger partial charge < -0.3 is 14.4 Å². The Bertz CT molecular complexity index is 6520. The Labute approximate surface area is 651 Å². The van der Waals surface area contributed by atoms with Gasteiger partial charge in [0.05, 0.1) is 17.6 Å². The largest absolute Gasteiger partial charge is 0.310 e. The quantitative estimate of drug-likeness (QED) is 0.0955. The molecular formula is C107H84N4. The van der Waals surface area contributed by atoms with Crippen LogP contribution >= 0.6 is 0 Å². The molecule has 0 bridgehead atoms. The van der Waals surface area contributed by atoms with Crippen LogP contribution in [0.2, 0.25) is 0 Å². The van der Waals surface area contributed by atoms with Crippen LogP contribution < -0.4 is 9.80 Å². The van der Waals surface area contributed by atoms with Crippen LogP contribution in [-0.4, -0.2) is 17.3 Å². The maximum Gasteiger partial charge on any atom is 0.0599 e. The minimum absolute atomic E-state index is 0.139. The number of para-hydroxylation sites is 1. The van der Waals surface area contributed by atoms with E-state index in [2.05, 4.69) is 377 Å². The fourth-order valence-corrected chi connectivity index (χ4v) is 18.9. The van der Waals surface area contributed by atoms with Crippen LogP contribution in [0.5, 0.6) is 0 Å². The van der Waals surface area contributed by atoms with Crippen LogP contribution in [0.1, 0.15) is 89.8 Å². The van der Waals surface area contributed by atoms with Crippen molar-refractivity contribution in [2.24, 2.45) is 4.99 Å². The SMILES string of the molecule is Cc1ccc(-c2ccc3c(c2)c2cc(-c4ccc(N(c5ccc(-c6ccc7c(c6)CC7)cc5)c5ccc6c(c5)C(C)(C)c5ccccc5-6)cc4)ccc2n3-c2ccccc2)cc1-c1cc(-c2ccc(N(c3ccc(-c4ccc5c(c4)CC5)cc3)c3ccc4c(c3)C(C)(C)c3ccccc3-4)cc2)ccc1CC1=CCC=NC1. The molecule has 2 heterocycles. The fraction of sp³-hybridized carbons (Fsp3) is 0.131. The monoisotopic (exact) mass is 1420 g/mol. The van der Waals surface area contributed by atoms with Gasteiger partial charge in [-0.1, -0.05) is 234 Å². The number of dihydropyridines is 1. The number of nitrogens with zero attached hydrogens (tertiary/aromatic N) is 4. The van der Waals surface area contributed by atoms with E-state index in [-0.39, 0.29) is 10.8 Å². The molecule has 532 valence electrons. The molecule has 0 saturated carbocycles. The zero-order valence-corrected chi connectivity index (χ0v) is 63.5. The van der Waals surface area contributed by atoms with Crippen molar-refractivity contribution in [2.45, 2.75) is 84.0 Å². The number of anilines is 6. The van der Waals surface area contributed by atoms with Crippen molar-refractivity contribution >= 4 is 62.1 Å². The van der Waals surface area contributed by atoms with E-state index < -0.39 is 0 Å². The van der Waals surface area contributed by atoms with Crippen molar-refractivity contribution in [3.8, 4) is 94.7 Å². The standard InChI is InChI=1S/C107H84N4/c1-68-21-22-82(61-96(68)97-62-80(31-32-84(97)58-69-14-13-57-108-67-69)74-37-47-88(48-38-74)109(86-43-33-72(34-44-86)78-29-25-70-23-27-76(70)59-78)90-51-53-94-92-17-9-11-19-100(92)106(2,3)102(94)65-90)83-42-56-105-99(64-83)98-63-81(41-55-104(98)111(105)85-15-7-6-8-16-85)75-39-49-89(50-40-75)110(87-45-35-73(36-46-87)79-30-26-71-24-28-77(71)60-79)91-52-54-95-93-18-10-12-20-101(93)107(4,5)103(95)66-91/h6-12,14-22,25-26,29-57,59-66H,13,23-24,27-28,58,67H2,1-5H3. The molecule has 15 aromatic carbocycles. The van der Waals surface area contributed by atoms with Gasteiger partial charge in [0.25, 0.3) is 0 Å². The molecule has 4 nitrogen and oxygen atoms in total. The van der Waals surface area contributed by atoms with Crippen molar-refractivity contribution in [2.75, 3.05) is 16.3 Å². The summed E-state index contributed by atoms with van der Waals surface area (Å²) >= 11 is 0. The maximum absolute atomic E-state index is 4.77. The number of aliphatic imine (C=N–C) groups is 1. The molecule has 21 rings (SSSR count). The molecule has 0 atom stereocenters. The van der Waals surface area contributed by atoms with Crippen molar-refractivity contribution in [3.63, 3.8) is 0 Å². The predicted octanol–water partition coefficient (Wildman–Crippen LogP) is 27.8. The number of aromatic nitrogens is 1. The lowest BCUT2D eigenvalue weighted by molar-refractivity contribution is 0.660. The molecule has 0 radical (unpaired) electrons. The second-order valence-corrected chi connectivity index (χ2v) is 32.5. The molecule has 0 fully saturated rings. The maximum atomic E-state index is 4.77. The first kappa shape index (κ1) is 66.3. The summed E-state index contributed by atoms with van der Waals surface area (Å²) in [6, 6.07) is 122. The first-order valence-electron chi connectivity index (χ1n) is 39.7.